The molecule has 1 unspecified atom stereocenters. The van der Waals surface area contributed by atoms with Crippen LogP contribution in [0.1, 0.15) is 28.9 Å². The van der Waals surface area contributed by atoms with Crippen LogP contribution >= 0.6 is 0 Å². The van der Waals surface area contributed by atoms with Gasteiger partial charge in [-0.15, -0.1) is 0 Å². The zero-order chi connectivity index (χ0) is 14.5. The summed E-state index contributed by atoms with van der Waals surface area (Å²) in [4.78, 5) is 15.5. The van der Waals surface area contributed by atoms with Crippen LogP contribution in [0.2, 0.25) is 0 Å². The normalized spacial score (nSPS) is 11.9. The lowest BCUT2D eigenvalue weighted by Crippen LogP contribution is -2.13. The minimum absolute atomic E-state index is 0.187. The molecule has 2 rings (SSSR count). The summed E-state index contributed by atoms with van der Waals surface area (Å²) in [5.74, 6) is 0.306. The standard InChI is InChI=1S/C15H17N3O2/c1-10(17-2)11-7-8-18-14(9-11)20-13-6-4-3-5-12(13)15(16)19/h3-10,17H,1-2H3,(H2,16,19). The van der Waals surface area contributed by atoms with Gasteiger partial charge in [-0.25, -0.2) is 4.98 Å². The Hall–Kier alpha value is -2.40. The molecule has 0 spiro atoms. The molecule has 1 amide bonds. The van der Waals surface area contributed by atoms with Gasteiger partial charge in [0.2, 0.25) is 5.88 Å². The summed E-state index contributed by atoms with van der Waals surface area (Å²) in [6.45, 7) is 2.04. The van der Waals surface area contributed by atoms with Crippen molar-refractivity contribution < 1.29 is 9.53 Å². The first-order chi connectivity index (χ1) is 9.61. The average Bonchev–Trinajstić information content (AvgIpc) is 2.47. The predicted molar refractivity (Wildman–Crippen MR) is 76.7 cm³/mol. The lowest BCUT2D eigenvalue weighted by molar-refractivity contribution is 0.0998. The number of aromatic nitrogens is 1. The highest BCUT2D eigenvalue weighted by Crippen LogP contribution is 2.25. The molecule has 0 radical (unpaired) electrons. The van der Waals surface area contributed by atoms with Crippen molar-refractivity contribution in [3.63, 3.8) is 0 Å². The van der Waals surface area contributed by atoms with Crippen LogP contribution in [0.15, 0.2) is 42.6 Å². The van der Waals surface area contributed by atoms with Crippen LogP contribution in [-0.4, -0.2) is 17.9 Å². The van der Waals surface area contributed by atoms with Gasteiger partial charge in [0, 0.05) is 18.3 Å². The minimum atomic E-state index is -0.527. The highest BCUT2D eigenvalue weighted by molar-refractivity contribution is 5.95. The molecule has 1 heterocycles. The second-order valence-corrected chi connectivity index (χ2v) is 4.40. The van der Waals surface area contributed by atoms with Gasteiger partial charge >= 0.3 is 0 Å². The maximum absolute atomic E-state index is 11.3. The van der Waals surface area contributed by atoms with Crippen molar-refractivity contribution in [2.75, 3.05) is 7.05 Å². The van der Waals surface area contributed by atoms with Crippen LogP contribution < -0.4 is 15.8 Å². The molecule has 0 fully saturated rings. The number of nitrogens with one attached hydrogen (secondary N) is 1. The Labute approximate surface area is 117 Å². The molecule has 3 N–H and O–H groups in total. The van der Waals surface area contributed by atoms with Gasteiger partial charge in [0.05, 0.1) is 5.56 Å². The van der Waals surface area contributed by atoms with E-state index < -0.39 is 5.91 Å². The van der Waals surface area contributed by atoms with E-state index in [9.17, 15) is 4.79 Å². The summed E-state index contributed by atoms with van der Waals surface area (Å²) >= 11 is 0. The highest BCUT2D eigenvalue weighted by atomic mass is 16.5. The van der Waals surface area contributed by atoms with Gasteiger partial charge in [-0.2, -0.15) is 0 Å². The van der Waals surface area contributed by atoms with Crippen LogP contribution in [0.4, 0.5) is 0 Å². The maximum atomic E-state index is 11.3. The zero-order valence-electron chi connectivity index (χ0n) is 11.5. The smallest absolute Gasteiger partial charge is 0.252 e. The minimum Gasteiger partial charge on any atom is -0.438 e. The van der Waals surface area contributed by atoms with Crippen molar-refractivity contribution in [1.29, 1.82) is 0 Å². The Morgan fingerprint density at radius 1 is 1.35 bits per heavy atom. The van der Waals surface area contributed by atoms with Gasteiger partial charge in [0.25, 0.3) is 5.91 Å². The monoisotopic (exact) mass is 271 g/mol. The third-order valence-electron chi connectivity index (χ3n) is 3.06. The van der Waals surface area contributed by atoms with Crippen LogP contribution in [0.25, 0.3) is 0 Å². The number of primary amides is 1. The first-order valence-electron chi connectivity index (χ1n) is 6.31. The first kappa shape index (κ1) is 14.0. The van der Waals surface area contributed by atoms with Crippen molar-refractivity contribution in [1.82, 2.24) is 10.3 Å². The van der Waals surface area contributed by atoms with E-state index in [1.165, 1.54) is 0 Å². The summed E-state index contributed by atoms with van der Waals surface area (Å²) < 4.78 is 5.67. The SMILES string of the molecule is CNC(C)c1ccnc(Oc2ccccc2C(N)=O)c1. The summed E-state index contributed by atoms with van der Waals surface area (Å²) in [6.07, 6.45) is 1.67. The molecule has 2 aromatic rings. The van der Waals surface area contributed by atoms with E-state index in [1.54, 1.807) is 30.5 Å². The molecule has 5 heteroatoms. The van der Waals surface area contributed by atoms with E-state index in [1.807, 2.05) is 26.1 Å². The van der Waals surface area contributed by atoms with Gasteiger partial charge in [-0.05, 0) is 37.7 Å². The number of hydrogen-bond acceptors (Lipinski definition) is 4. The van der Waals surface area contributed by atoms with Crippen LogP contribution in [0, 0.1) is 0 Å². The molecular weight excluding hydrogens is 254 g/mol. The van der Waals surface area contributed by atoms with Crippen LogP contribution in [-0.2, 0) is 0 Å². The maximum Gasteiger partial charge on any atom is 0.252 e. The molecular formula is C15H17N3O2. The number of pyridine rings is 1. The molecule has 5 nitrogen and oxygen atoms in total. The fourth-order valence-electron chi connectivity index (χ4n) is 1.79. The number of carbonyl (C=O) groups is 1. The molecule has 1 aromatic heterocycles. The molecule has 0 saturated heterocycles. The van der Waals surface area contributed by atoms with Gasteiger partial charge in [-0.1, -0.05) is 12.1 Å². The van der Waals surface area contributed by atoms with Crippen LogP contribution in [0.5, 0.6) is 11.6 Å². The Morgan fingerprint density at radius 2 is 2.10 bits per heavy atom. The van der Waals surface area contributed by atoms with E-state index in [4.69, 9.17) is 10.5 Å². The van der Waals surface area contributed by atoms with Gasteiger partial charge < -0.3 is 15.8 Å². The highest BCUT2D eigenvalue weighted by Gasteiger charge is 2.11. The number of hydrogen-bond donors (Lipinski definition) is 2. The Kier molecular flexibility index (Phi) is 4.32. The molecule has 1 aromatic carbocycles. The molecule has 0 saturated carbocycles. The number of nitrogens with two attached hydrogens (primary N) is 1. The summed E-state index contributed by atoms with van der Waals surface area (Å²) in [5.41, 5.74) is 6.70. The number of benzene rings is 1. The Bertz CT molecular complexity index is 614. The number of nitrogens with zero attached hydrogens (tertiary/aromatic N) is 1. The van der Waals surface area contributed by atoms with E-state index in [-0.39, 0.29) is 6.04 Å². The average molecular weight is 271 g/mol. The number of amides is 1. The summed E-state index contributed by atoms with van der Waals surface area (Å²) in [7, 11) is 1.88. The molecule has 0 aliphatic rings. The summed E-state index contributed by atoms with van der Waals surface area (Å²) in [5, 5.41) is 3.14. The molecule has 104 valence electrons. The topological polar surface area (TPSA) is 77.2 Å². The molecule has 0 aliphatic carbocycles. The predicted octanol–water partition coefficient (Wildman–Crippen LogP) is 2.25. The largest absolute Gasteiger partial charge is 0.438 e. The van der Waals surface area contributed by atoms with Gasteiger partial charge in [0.1, 0.15) is 5.75 Å². The fraction of sp³-hybridized carbons (Fsp3) is 0.200. The first-order valence-corrected chi connectivity index (χ1v) is 6.31. The molecule has 0 bridgehead atoms. The van der Waals surface area contributed by atoms with E-state index >= 15 is 0 Å². The Morgan fingerprint density at radius 3 is 2.80 bits per heavy atom. The Balaban J connectivity index is 2.29. The summed E-state index contributed by atoms with van der Waals surface area (Å²) in [6, 6.07) is 10.8. The lowest BCUT2D eigenvalue weighted by atomic mass is 10.1. The van der Waals surface area contributed by atoms with E-state index in [2.05, 4.69) is 10.3 Å². The number of ether oxygens (including phenoxy) is 1. The second-order valence-electron chi connectivity index (χ2n) is 4.40. The quantitative estimate of drug-likeness (QED) is 0.874. The number of rotatable bonds is 5. The van der Waals surface area contributed by atoms with Gasteiger partial charge in [-0.3, -0.25) is 4.79 Å². The molecule has 0 aliphatic heterocycles. The van der Waals surface area contributed by atoms with Crippen molar-refractivity contribution in [2.24, 2.45) is 5.73 Å². The molecule has 1 atom stereocenters. The third kappa shape index (κ3) is 3.13. The van der Waals surface area contributed by atoms with Crippen LogP contribution in [0.3, 0.4) is 0 Å². The third-order valence-corrected chi connectivity index (χ3v) is 3.06. The van der Waals surface area contributed by atoms with Crippen molar-refractivity contribution >= 4 is 5.91 Å². The van der Waals surface area contributed by atoms with Crippen molar-refractivity contribution in [2.45, 2.75) is 13.0 Å². The van der Waals surface area contributed by atoms with Crippen molar-refractivity contribution in [3.05, 3.63) is 53.7 Å². The second kappa shape index (κ2) is 6.16. The fourth-order valence-corrected chi connectivity index (χ4v) is 1.79. The number of carbonyl (C=O) groups excluding carboxylic acids is 1. The zero-order valence-corrected chi connectivity index (χ0v) is 11.5. The molecule has 20 heavy (non-hydrogen) atoms. The van der Waals surface area contributed by atoms with E-state index in [0.717, 1.165) is 5.56 Å². The van der Waals surface area contributed by atoms with Gasteiger partial charge in [0.15, 0.2) is 0 Å². The van der Waals surface area contributed by atoms with Crippen molar-refractivity contribution in [3.8, 4) is 11.6 Å². The lowest BCUT2D eigenvalue weighted by Gasteiger charge is -2.12. The number of para-hydroxylation sites is 1. The van der Waals surface area contributed by atoms with E-state index in [0.29, 0.717) is 17.2 Å².